The molecule has 96 valence electrons. The number of thiocarbonyl (C=S) groups is 1. The van der Waals surface area contributed by atoms with Gasteiger partial charge in [-0.1, -0.05) is 36.1 Å². The summed E-state index contributed by atoms with van der Waals surface area (Å²) in [5.41, 5.74) is -1.03. The molecule has 1 saturated heterocycles. The number of nitrogens with zero attached hydrogens (tertiary/aromatic N) is 1. The van der Waals surface area contributed by atoms with Gasteiger partial charge in [0.05, 0.1) is 11.3 Å². The zero-order valence-corrected chi connectivity index (χ0v) is 10.7. The monoisotopic (exact) mass is 291 g/mol. The van der Waals surface area contributed by atoms with E-state index in [9.17, 15) is 18.0 Å². The molecule has 1 aromatic rings. The van der Waals surface area contributed by atoms with Gasteiger partial charge in [-0.05, 0) is 12.1 Å². The largest absolute Gasteiger partial charge is 0.418 e. The summed E-state index contributed by atoms with van der Waals surface area (Å²) in [4.78, 5) is 12.7. The number of para-hydroxylation sites is 1. The van der Waals surface area contributed by atoms with Crippen molar-refractivity contribution < 1.29 is 18.0 Å². The van der Waals surface area contributed by atoms with Gasteiger partial charge in [-0.3, -0.25) is 9.69 Å². The highest BCUT2D eigenvalue weighted by Crippen LogP contribution is 2.38. The van der Waals surface area contributed by atoms with Crippen LogP contribution in [0.5, 0.6) is 0 Å². The van der Waals surface area contributed by atoms with Crippen LogP contribution in [0, 0.1) is 0 Å². The van der Waals surface area contributed by atoms with Gasteiger partial charge in [-0.2, -0.15) is 13.2 Å². The van der Waals surface area contributed by atoms with E-state index in [4.69, 9.17) is 12.2 Å². The maximum atomic E-state index is 12.9. The number of anilines is 1. The predicted octanol–water partition coefficient (Wildman–Crippen LogP) is 3.46. The van der Waals surface area contributed by atoms with Crippen LogP contribution in [0.15, 0.2) is 24.3 Å². The van der Waals surface area contributed by atoms with E-state index in [-0.39, 0.29) is 16.4 Å². The molecule has 0 bridgehead atoms. The zero-order valence-electron chi connectivity index (χ0n) is 9.03. The van der Waals surface area contributed by atoms with Gasteiger partial charge in [0.1, 0.15) is 4.32 Å². The molecule has 0 atom stereocenters. The average molecular weight is 291 g/mol. The van der Waals surface area contributed by atoms with Gasteiger partial charge in [0.15, 0.2) is 0 Å². The Morgan fingerprint density at radius 3 is 2.56 bits per heavy atom. The van der Waals surface area contributed by atoms with Gasteiger partial charge < -0.3 is 0 Å². The van der Waals surface area contributed by atoms with Crippen LogP contribution in [-0.2, 0) is 11.0 Å². The van der Waals surface area contributed by atoms with Crippen LogP contribution in [0.2, 0.25) is 0 Å². The summed E-state index contributed by atoms with van der Waals surface area (Å²) in [7, 11) is 0. The van der Waals surface area contributed by atoms with E-state index in [0.717, 1.165) is 11.0 Å². The summed E-state index contributed by atoms with van der Waals surface area (Å²) < 4.78 is 38.8. The van der Waals surface area contributed by atoms with E-state index in [1.54, 1.807) is 0 Å². The third-order valence-electron chi connectivity index (χ3n) is 2.42. The third kappa shape index (κ3) is 2.51. The molecular weight excluding hydrogens is 283 g/mol. The van der Waals surface area contributed by atoms with E-state index in [1.807, 2.05) is 0 Å². The summed E-state index contributed by atoms with van der Waals surface area (Å²) in [5.74, 6) is 0.123. The molecule has 1 fully saturated rings. The van der Waals surface area contributed by atoms with Gasteiger partial charge in [0.25, 0.3) is 0 Å². The maximum absolute atomic E-state index is 12.9. The highest BCUT2D eigenvalue weighted by molar-refractivity contribution is 8.23. The van der Waals surface area contributed by atoms with Crippen LogP contribution in [0.3, 0.4) is 0 Å². The minimum absolute atomic E-state index is 0.169. The number of rotatable bonds is 1. The summed E-state index contributed by atoms with van der Waals surface area (Å²) in [6.45, 7) is 0. The first-order chi connectivity index (χ1) is 8.41. The fourth-order valence-corrected chi connectivity index (χ4v) is 2.88. The molecule has 7 heteroatoms. The number of hydrogen-bond acceptors (Lipinski definition) is 3. The molecule has 0 saturated carbocycles. The molecule has 0 aliphatic carbocycles. The summed E-state index contributed by atoms with van der Waals surface area (Å²) in [6, 6.07) is 4.96. The lowest BCUT2D eigenvalue weighted by molar-refractivity contribution is -0.137. The number of hydrogen-bond donors (Lipinski definition) is 0. The van der Waals surface area contributed by atoms with Gasteiger partial charge in [-0.25, -0.2) is 0 Å². The predicted molar refractivity (Wildman–Crippen MR) is 68.6 cm³/mol. The molecule has 1 aliphatic rings. The summed E-state index contributed by atoms with van der Waals surface area (Å²) >= 11 is 6.18. The Morgan fingerprint density at radius 1 is 1.28 bits per heavy atom. The standard InChI is InChI=1S/C11H8F3NOS2/c12-11(13,14)7-3-1-2-4-8(7)15-9(16)5-6-18-10(15)17/h1-4H,5-6H2. The molecule has 0 radical (unpaired) electrons. The summed E-state index contributed by atoms with van der Waals surface area (Å²) in [5, 5.41) is 0. The second kappa shape index (κ2) is 4.89. The topological polar surface area (TPSA) is 20.3 Å². The highest BCUT2D eigenvalue weighted by Gasteiger charge is 2.37. The Balaban J connectivity index is 2.50. The number of carbonyl (C=O) groups excluding carboxylic acids is 1. The second-order valence-corrected chi connectivity index (χ2v) is 5.34. The van der Waals surface area contributed by atoms with Crippen LogP contribution in [0.4, 0.5) is 18.9 Å². The molecule has 0 spiro atoms. The van der Waals surface area contributed by atoms with E-state index >= 15 is 0 Å². The Labute approximate surface area is 111 Å². The highest BCUT2D eigenvalue weighted by atomic mass is 32.2. The number of halogens is 3. The molecular formula is C11H8F3NOS2. The Morgan fingerprint density at radius 2 is 1.94 bits per heavy atom. The number of thioether (sulfide) groups is 1. The average Bonchev–Trinajstić information content (AvgIpc) is 2.28. The summed E-state index contributed by atoms with van der Waals surface area (Å²) in [6.07, 6.45) is -4.31. The quantitative estimate of drug-likeness (QED) is 0.739. The van der Waals surface area contributed by atoms with E-state index in [1.165, 1.54) is 30.0 Å². The molecule has 1 aliphatic heterocycles. The number of amides is 1. The van der Waals surface area contributed by atoms with Gasteiger partial charge in [0.2, 0.25) is 5.91 Å². The van der Waals surface area contributed by atoms with Crippen molar-refractivity contribution in [2.24, 2.45) is 0 Å². The van der Waals surface area contributed by atoms with E-state index < -0.39 is 17.6 Å². The molecule has 1 aromatic carbocycles. The van der Waals surface area contributed by atoms with E-state index in [2.05, 4.69) is 0 Å². The van der Waals surface area contributed by atoms with Crippen molar-refractivity contribution in [3.8, 4) is 0 Å². The van der Waals surface area contributed by atoms with Crippen LogP contribution in [0.25, 0.3) is 0 Å². The molecule has 2 nitrogen and oxygen atoms in total. The molecule has 0 aromatic heterocycles. The Kier molecular flexibility index (Phi) is 3.63. The van der Waals surface area contributed by atoms with Crippen molar-refractivity contribution in [2.75, 3.05) is 10.7 Å². The van der Waals surface area contributed by atoms with Crippen LogP contribution < -0.4 is 4.90 Å². The lowest BCUT2D eigenvalue weighted by Crippen LogP contribution is -2.39. The second-order valence-electron chi connectivity index (χ2n) is 3.61. The smallest absolute Gasteiger partial charge is 0.274 e. The van der Waals surface area contributed by atoms with Crippen LogP contribution in [0.1, 0.15) is 12.0 Å². The fraction of sp³-hybridized carbons (Fsp3) is 0.273. The lowest BCUT2D eigenvalue weighted by atomic mass is 10.1. The van der Waals surface area contributed by atoms with Crippen molar-refractivity contribution >= 4 is 39.9 Å². The molecule has 0 N–H and O–H groups in total. The molecule has 18 heavy (non-hydrogen) atoms. The van der Waals surface area contributed by atoms with Crippen molar-refractivity contribution in [3.63, 3.8) is 0 Å². The van der Waals surface area contributed by atoms with Crippen molar-refractivity contribution in [2.45, 2.75) is 12.6 Å². The maximum Gasteiger partial charge on any atom is 0.418 e. The third-order valence-corrected chi connectivity index (χ3v) is 3.80. The first-order valence-corrected chi connectivity index (χ1v) is 6.46. The minimum Gasteiger partial charge on any atom is -0.274 e. The van der Waals surface area contributed by atoms with Gasteiger partial charge in [-0.15, -0.1) is 0 Å². The van der Waals surface area contributed by atoms with Crippen LogP contribution in [-0.4, -0.2) is 16.0 Å². The minimum atomic E-state index is -4.51. The molecule has 1 amide bonds. The lowest BCUT2D eigenvalue weighted by Gasteiger charge is -2.28. The van der Waals surface area contributed by atoms with Crippen molar-refractivity contribution in [1.82, 2.24) is 0 Å². The van der Waals surface area contributed by atoms with Crippen molar-refractivity contribution in [3.05, 3.63) is 29.8 Å². The number of benzene rings is 1. The van der Waals surface area contributed by atoms with E-state index in [0.29, 0.717) is 5.75 Å². The fourth-order valence-electron chi connectivity index (χ4n) is 1.64. The SMILES string of the molecule is O=C1CCSC(=S)N1c1ccccc1C(F)(F)F. The molecule has 0 unspecified atom stereocenters. The van der Waals surface area contributed by atoms with Crippen LogP contribution >= 0.6 is 24.0 Å². The normalized spacial score (nSPS) is 17.2. The Hall–Kier alpha value is -1.08. The van der Waals surface area contributed by atoms with Crippen molar-refractivity contribution in [1.29, 1.82) is 0 Å². The Bertz CT molecular complexity index is 485. The molecule has 2 rings (SSSR count). The number of carbonyl (C=O) groups is 1. The first-order valence-electron chi connectivity index (χ1n) is 5.07. The molecule has 1 heterocycles. The van der Waals surface area contributed by atoms with Gasteiger partial charge >= 0.3 is 6.18 Å². The van der Waals surface area contributed by atoms with Gasteiger partial charge in [0, 0.05) is 12.2 Å². The zero-order chi connectivity index (χ0) is 13.3. The first kappa shape index (κ1) is 13.4. The number of alkyl halides is 3.